The number of nitrogens with one attached hydrogen (secondary N) is 1. The summed E-state index contributed by atoms with van der Waals surface area (Å²) in [5, 5.41) is 6.06. The van der Waals surface area contributed by atoms with Crippen molar-refractivity contribution >= 4 is 28.5 Å². The second-order valence-electron chi connectivity index (χ2n) is 3.36. The summed E-state index contributed by atoms with van der Waals surface area (Å²) < 4.78 is 28.7. The van der Waals surface area contributed by atoms with Gasteiger partial charge in [0.05, 0.1) is 6.21 Å². The molecule has 0 aliphatic heterocycles. The molecule has 0 aliphatic rings. The number of hydrogen-bond acceptors (Lipinski definition) is 6. The molecule has 1 aromatic heterocycles. The van der Waals surface area contributed by atoms with E-state index >= 15 is 0 Å². The van der Waals surface area contributed by atoms with Gasteiger partial charge in [-0.2, -0.15) is 13.9 Å². The third kappa shape index (κ3) is 3.88. The number of aromatic nitrogens is 1. The van der Waals surface area contributed by atoms with Gasteiger partial charge in [0.15, 0.2) is 0 Å². The molecule has 0 radical (unpaired) electrons. The second-order valence-corrected chi connectivity index (χ2v) is 4.22. The first-order valence-corrected chi connectivity index (χ1v) is 6.07. The summed E-state index contributed by atoms with van der Waals surface area (Å²) in [5.41, 5.74) is 8.52. The summed E-state index contributed by atoms with van der Waals surface area (Å²) in [6.45, 7) is -2.87. The van der Waals surface area contributed by atoms with Gasteiger partial charge >= 0.3 is 6.61 Å². The molecule has 0 atom stereocenters. The van der Waals surface area contributed by atoms with Gasteiger partial charge < -0.3 is 10.5 Å². The van der Waals surface area contributed by atoms with E-state index in [9.17, 15) is 8.78 Å². The number of nitrogens with two attached hydrogens (primary N) is 1. The number of nitrogens with zero attached hydrogens (tertiary/aromatic N) is 2. The quantitative estimate of drug-likeness (QED) is 0.654. The smallest absolute Gasteiger partial charge is 0.387 e. The lowest BCUT2D eigenvalue weighted by atomic mass is 10.2. The molecule has 0 unspecified atom stereocenters. The van der Waals surface area contributed by atoms with E-state index in [0.717, 1.165) is 0 Å². The molecule has 0 bridgehead atoms. The van der Waals surface area contributed by atoms with Gasteiger partial charge in [0.25, 0.3) is 0 Å². The maximum atomic E-state index is 12.2. The normalized spacial score (nSPS) is 11.1. The highest BCUT2D eigenvalue weighted by molar-refractivity contribution is 7.14. The second kappa shape index (κ2) is 6.10. The predicted molar refractivity (Wildman–Crippen MR) is 70.8 cm³/mol. The van der Waals surface area contributed by atoms with E-state index in [1.54, 1.807) is 23.6 Å². The molecular formula is C11H10F2N4OS. The summed E-state index contributed by atoms with van der Waals surface area (Å²) in [5.74, 6) is 0.450. The van der Waals surface area contributed by atoms with E-state index in [2.05, 4.69) is 20.2 Å². The van der Waals surface area contributed by atoms with Gasteiger partial charge in [-0.15, -0.1) is 11.3 Å². The van der Waals surface area contributed by atoms with Crippen molar-refractivity contribution in [1.82, 2.24) is 4.98 Å². The summed E-state index contributed by atoms with van der Waals surface area (Å²) >= 11 is 1.29. The van der Waals surface area contributed by atoms with Crippen LogP contribution < -0.4 is 15.9 Å². The van der Waals surface area contributed by atoms with E-state index in [0.29, 0.717) is 16.5 Å². The maximum Gasteiger partial charge on any atom is 0.387 e. The molecule has 2 aromatic rings. The van der Waals surface area contributed by atoms with E-state index in [1.807, 2.05) is 0 Å². The number of thiazole rings is 1. The first kappa shape index (κ1) is 13.2. The zero-order valence-corrected chi connectivity index (χ0v) is 10.4. The number of benzene rings is 1. The maximum absolute atomic E-state index is 12.2. The number of para-hydroxylation sites is 1. The Bertz CT molecular complexity index is 573. The van der Waals surface area contributed by atoms with Crippen molar-refractivity contribution < 1.29 is 13.5 Å². The predicted octanol–water partition coefficient (Wildman–Crippen LogP) is 2.77. The molecule has 1 heterocycles. The van der Waals surface area contributed by atoms with Gasteiger partial charge in [-0.25, -0.2) is 4.98 Å². The number of anilines is 2. The molecule has 3 N–H and O–H groups in total. The monoisotopic (exact) mass is 284 g/mol. The molecule has 5 nitrogen and oxygen atoms in total. The summed E-state index contributed by atoms with van der Waals surface area (Å²) in [6, 6.07) is 6.35. The molecule has 0 saturated heterocycles. The largest absolute Gasteiger partial charge is 0.434 e. The van der Waals surface area contributed by atoms with Gasteiger partial charge in [-0.1, -0.05) is 12.1 Å². The highest BCUT2D eigenvalue weighted by Crippen LogP contribution is 2.19. The number of ether oxygens (including phenoxy) is 1. The summed E-state index contributed by atoms with van der Waals surface area (Å²) in [6.07, 6.45) is 1.37. The van der Waals surface area contributed by atoms with Crippen LogP contribution in [0.25, 0.3) is 0 Å². The van der Waals surface area contributed by atoms with Crippen LogP contribution in [-0.4, -0.2) is 17.8 Å². The van der Waals surface area contributed by atoms with Crippen LogP contribution in [0.2, 0.25) is 0 Å². The Morgan fingerprint density at radius 3 is 2.89 bits per heavy atom. The number of hydrogen-bond donors (Lipinski definition) is 2. The third-order valence-electron chi connectivity index (χ3n) is 2.02. The van der Waals surface area contributed by atoms with E-state index in [1.165, 1.54) is 23.6 Å². The molecule has 0 aliphatic carbocycles. The Kier molecular flexibility index (Phi) is 4.24. The van der Waals surface area contributed by atoms with E-state index in [-0.39, 0.29) is 5.75 Å². The molecular weight excluding hydrogens is 274 g/mol. The van der Waals surface area contributed by atoms with Gasteiger partial charge in [-0.3, -0.25) is 5.43 Å². The van der Waals surface area contributed by atoms with Crippen LogP contribution >= 0.6 is 11.3 Å². The van der Waals surface area contributed by atoms with Crippen LogP contribution in [0.4, 0.5) is 19.7 Å². The lowest BCUT2D eigenvalue weighted by Gasteiger charge is -2.06. The van der Waals surface area contributed by atoms with Gasteiger partial charge in [0.2, 0.25) is 5.13 Å². The summed E-state index contributed by atoms with van der Waals surface area (Å²) in [4.78, 5) is 3.93. The number of hydrazone groups is 1. The Labute approximate surface area is 111 Å². The first-order chi connectivity index (χ1) is 9.15. The molecule has 2 rings (SSSR count). The average Bonchev–Trinajstić information content (AvgIpc) is 2.77. The molecule has 0 spiro atoms. The number of halogens is 2. The van der Waals surface area contributed by atoms with Crippen molar-refractivity contribution in [2.24, 2.45) is 5.10 Å². The van der Waals surface area contributed by atoms with E-state index < -0.39 is 6.61 Å². The fourth-order valence-corrected chi connectivity index (χ4v) is 1.83. The van der Waals surface area contributed by atoms with Gasteiger partial charge in [-0.05, 0) is 12.1 Å². The lowest BCUT2D eigenvalue weighted by Crippen LogP contribution is -2.04. The highest BCUT2D eigenvalue weighted by Gasteiger charge is 2.07. The minimum Gasteiger partial charge on any atom is -0.434 e. The SMILES string of the molecule is Nc1csc(NN=Cc2ccccc2OC(F)F)n1. The first-order valence-electron chi connectivity index (χ1n) is 5.19. The number of nitrogen functional groups attached to an aromatic ring is 1. The zero-order chi connectivity index (χ0) is 13.7. The van der Waals surface area contributed by atoms with Crippen LogP contribution in [0.3, 0.4) is 0 Å². The Hall–Kier alpha value is -2.22. The molecule has 0 saturated carbocycles. The number of rotatable bonds is 5. The van der Waals surface area contributed by atoms with Crippen LogP contribution in [0.5, 0.6) is 5.75 Å². The molecule has 8 heteroatoms. The summed E-state index contributed by atoms with van der Waals surface area (Å²) in [7, 11) is 0. The molecule has 1 aromatic carbocycles. The van der Waals surface area contributed by atoms with Crippen LogP contribution in [0, 0.1) is 0 Å². The van der Waals surface area contributed by atoms with Crippen molar-refractivity contribution in [2.75, 3.05) is 11.2 Å². The minimum absolute atomic E-state index is 0.0571. The Balaban J connectivity index is 2.05. The standard InChI is InChI=1S/C11H10F2N4OS/c12-10(13)18-8-4-2-1-3-7(8)5-15-17-11-16-9(14)6-19-11/h1-6,10H,14H2,(H,16,17). The minimum atomic E-state index is -2.87. The van der Waals surface area contributed by atoms with Gasteiger partial charge in [0, 0.05) is 10.9 Å². The van der Waals surface area contributed by atoms with E-state index in [4.69, 9.17) is 5.73 Å². The van der Waals surface area contributed by atoms with Crippen molar-refractivity contribution in [3.05, 3.63) is 35.2 Å². The fourth-order valence-electron chi connectivity index (χ4n) is 1.29. The van der Waals surface area contributed by atoms with Gasteiger partial charge in [0.1, 0.15) is 11.6 Å². The Morgan fingerprint density at radius 2 is 2.21 bits per heavy atom. The van der Waals surface area contributed by atoms with Crippen LogP contribution in [0.15, 0.2) is 34.7 Å². The van der Waals surface area contributed by atoms with Crippen molar-refractivity contribution in [1.29, 1.82) is 0 Å². The van der Waals surface area contributed by atoms with Crippen molar-refractivity contribution in [2.45, 2.75) is 6.61 Å². The van der Waals surface area contributed by atoms with Crippen LogP contribution in [-0.2, 0) is 0 Å². The molecule has 100 valence electrons. The Morgan fingerprint density at radius 1 is 1.42 bits per heavy atom. The topological polar surface area (TPSA) is 72.5 Å². The zero-order valence-electron chi connectivity index (χ0n) is 9.59. The molecule has 0 amide bonds. The fraction of sp³-hybridized carbons (Fsp3) is 0.0909. The van der Waals surface area contributed by atoms with Crippen molar-refractivity contribution in [3.8, 4) is 5.75 Å². The molecule has 19 heavy (non-hydrogen) atoms. The van der Waals surface area contributed by atoms with Crippen LogP contribution in [0.1, 0.15) is 5.56 Å². The molecule has 0 fully saturated rings. The number of alkyl halides is 2. The lowest BCUT2D eigenvalue weighted by molar-refractivity contribution is -0.0499. The third-order valence-corrected chi connectivity index (χ3v) is 2.79. The average molecular weight is 284 g/mol. The highest BCUT2D eigenvalue weighted by atomic mass is 32.1. The van der Waals surface area contributed by atoms with Crippen molar-refractivity contribution in [3.63, 3.8) is 0 Å².